The summed E-state index contributed by atoms with van der Waals surface area (Å²) in [4.78, 5) is 7.79. The number of rotatable bonds is 10. The third kappa shape index (κ3) is 5.13. The van der Waals surface area contributed by atoms with Crippen molar-refractivity contribution in [3.05, 3.63) is 58.6 Å². The van der Waals surface area contributed by atoms with E-state index in [4.69, 9.17) is 20.5 Å². The molecule has 0 saturated heterocycles. The van der Waals surface area contributed by atoms with Crippen molar-refractivity contribution in [2.24, 2.45) is 0 Å². The first-order valence-electron chi connectivity index (χ1n) is 9.89. The summed E-state index contributed by atoms with van der Waals surface area (Å²) in [7, 11) is 0. The number of aromatic nitrogens is 4. The normalized spacial score (nSPS) is 11.4. The molecule has 0 atom stereocenters. The predicted molar refractivity (Wildman–Crippen MR) is 116 cm³/mol. The molecule has 3 aromatic heterocycles. The smallest absolute Gasteiger partial charge is 0.249 e. The molecule has 9 heteroatoms. The molecule has 4 aromatic rings. The number of hydrogen-bond donors (Lipinski definition) is 0. The summed E-state index contributed by atoms with van der Waals surface area (Å²) in [5, 5.41) is 15.0. The maximum absolute atomic E-state index is 6.23. The van der Waals surface area contributed by atoms with E-state index >= 15 is 0 Å². The van der Waals surface area contributed by atoms with Crippen molar-refractivity contribution >= 4 is 22.9 Å². The van der Waals surface area contributed by atoms with Gasteiger partial charge in [0.1, 0.15) is 0 Å². The predicted octanol–water partition coefficient (Wildman–Crippen LogP) is 5.35. The average molecular weight is 444 g/mol. The topological polar surface area (TPSA) is 81.1 Å². The Labute approximate surface area is 183 Å². The summed E-state index contributed by atoms with van der Waals surface area (Å²) in [5.41, 5.74) is 0.748. The second kappa shape index (κ2) is 9.97. The summed E-state index contributed by atoms with van der Waals surface area (Å²) in [5.74, 6) is 2.34. The summed E-state index contributed by atoms with van der Waals surface area (Å²) >= 11 is 7.83. The number of benzene rings is 1. The van der Waals surface area contributed by atoms with Gasteiger partial charge in [-0.05, 0) is 49.5 Å². The van der Waals surface area contributed by atoms with Crippen molar-refractivity contribution in [2.45, 2.75) is 32.7 Å². The number of hydrogen-bond acceptors (Lipinski definition) is 8. The minimum absolute atomic E-state index is 0.444. The van der Waals surface area contributed by atoms with Gasteiger partial charge in [0, 0.05) is 6.42 Å². The SMILES string of the molecule is CCCN(CCCc1nc(-c2cccs2)no1)Cc1nnc(-c2ccccc2Cl)o1. The van der Waals surface area contributed by atoms with Gasteiger partial charge < -0.3 is 8.94 Å². The third-order valence-electron chi connectivity index (χ3n) is 4.54. The molecule has 0 saturated carbocycles. The van der Waals surface area contributed by atoms with Crippen LogP contribution in [0, 0.1) is 0 Å². The molecule has 0 radical (unpaired) electrons. The molecule has 0 amide bonds. The van der Waals surface area contributed by atoms with Gasteiger partial charge in [-0.2, -0.15) is 4.98 Å². The first-order valence-corrected chi connectivity index (χ1v) is 11.1. The van der Waals surface area contributed by atoms with Gasteiger partial charge in [-0.25, -0.2) is 0 Å². The Bertz CT molecular complexity index is 1060. The second-order valence-electron chi connectivity index (χ2n) is 6.85. The van der Waals surface area contributed by atoms with E-state index in [0.717, 1.165) is 42.8 Å². The Kier molecular flexibility index (Phi) is 6.88. The fourth-order valence-electron chi connectivity index (χ4n) is 3.15. The minimum atomic E-state index is 0.444. The monoisotopic (exact) mass is 443 g/mol. The molecule has 0 bridgehead atoms. The lowest BCUT2D eigenvalue weighted by atomic mass is 10.2. The van der Waals surface area contributed by atoms with Gasteiger partial charge in [0.15, 0.2) is 0 Å². The van der Waals surface area contributed by atoms with Crippen molar-refractivity contribution in [3.63, 3.8) is 0 Å². The molecular weight excluding hydrogens is 422 g/mol. The third-order valence-corrected chi connectivity index (χ3v) is 5.74. The fraction of sp³-hybridized carbons (Fsp3) is 0.333. The van der Waals surface area contributed by atoms with Crippen molar-refractivity contribution in [2.75, 3.05) is 13.1 Å². The lowest BCUT2D eigenvalue weighted by Crippen LogP contribution is -2.25. The highest BCUT2D eigenvalue weighted by molar-refractivity contribution is 7.13. The van der Waals surface area contributed by atoms with Gasteiger partial charge in [0.2, 0.25) is 23.5 Å². The van der Waals surface area contributed by atoms with Crippen LogP contribution in [0.25, 0.3) is 22.2 Å². The lowest BCUT2D eigenvalue weighted by Gasteiger charge is -2.19. The van der Waals surface area contributed by atoms with Gasteiger partial charge in [0.25, 0.3) is 0 Å². The highest BCUT2D eigenvalue weighted by Crippen LogP contribution is 2.26. The molecule has 0 aliphatic rings. The number of thiophene rings is 1. The zero-order valence-electron chi connectivity index (χ0n) is 16.6. The first-order chi connectivity index (χ1) is 14.7. The molecule has 4 rings (SSSR count). The zero-order valence-corrected chi connectivity index (χ0v) is 18.2. The molecule has 0 aliphatic carbocycles. The van der Waals surface area contributed by atoms with Crippen LogP contribution in [0.2, 0.25) is 5.02 Å². The summed E-state index contributed by atoms with van der Waals surface area (Å²) in [6.07, 6.45) is 2.67. The Morgan fingerprint density at radius 2 is 1.97 bits per heavy atom. The summed E-state index contributed by atoms with van der Waals surface area (Å²) in [6.45, 7) is 4.55. The minimum Gasteiger partial charge on any atom is -0.419 e. The van der Waals surface area contributed by atoms with E-state index in [1.807, 2.05) is 41.8 Å². The highest BCUT2D eigenvalue weighted by atomic mass is 35.5. The van der Waals surface area contributed by atoms with E-state index in [1.165, 1.54) is 0 Å². The van der Waals surface area contributed by atoms with Crippen LogP contribution in [-0.4, -0.2) is 38.3 Å². The maximum Gasteiger partial charge on any atom is 0.249 e. The zero-order chi connectivity index (χ0) is 20.8. The lowest BCUT2D eigenvalue weighted by molar-refractivity contribution is 0.234. The molecular formula is C21H22ClN5O2S. The summed E-state index contributed by atoms with van der Waals surface area (Å²) in [6, 6.07) is 11.4. The Balaban J connectivity index is 1.33. The molecule has 0 unspecified atom stereocenters. The van der Waals surface area contributed by atoms with Crippen LogP contribution in [-0.2, 0) is 13.0 Å². The van der Waals surface area contributed by atoms with E-state index < -0.39 is 0 Å². The Morgan fingerprint density at radius 3 is 2.77 bits per heavy atom. The van der Waals surface area contributed by atoms with Crippen molar-refractivity contribution in [1.29, 1.82) is 0 Å². The van der Waals surface area contributed by atoms with E-state index in [2.05, 4.69) is 32.2 Å². The molecule has 0 spiro atoms. The van der Waals surface area contributed by atoms with Crippen LogP contribution >= 0.6 is 22.9 Å². The van der Waals surface area contributed by atoms with Crippen molar-refractivity contribution in [3.8, 4) is 22.2 Å². The molecule has 7 nitrogen and oxygen atoms in total. The molecule has 3 heterocycles. The molecule has 0 N–H and O–H groups in total. The van der Waals surface area contributed by atoms with Gasteiger partial charge in [-0.3, -0.25) is 4.90 Å². The average Bonchev–Trinajstić information content (AvgIpc) is 3.50. The first kappa shape index (κ1) is 20.7. The molecule has 0 fully saturated rings. The van der Waals surface area contributed by atoms with Crippen LogP contribution in [0.15, 0.2) is 50.7 Å². The molecule has 0 aliphatic heterocycles. The van der Waals surface area contributed by atoms with Gasteiger partial charge >= 0.3 is 0 Å². The van der Waals surface area contributed by atoms with Crippen LogP contribution < -0.4 is 0 Å². The second-order valence-corrected chi connectivity index (χ2v) is 8.20. The Morgan fingerprint density at radius 1 is 1.07 bits per heavy atom. The fourth-order valence-corrected chi connectivity index (χ4v) is 4.02. The maximum atomic E-state index is 6.23. The van der Waals surface area contributed by atoms with Crippen molar-refractivity contribution in [1.82, 2.24) is 25.2 Å². The standard InChI is InChI=1S/C21H22ClN5O2S/c1-2-11-27(12-5-10-18-23-20(26-29-18)17-9-6-13-30-17)14-19-24-25-21(28-19)15-7-3-4-8-16(15)22/h3-4,6-9,13H,2,5,10-12,14H2,1H3. The number of aryl methyl sites for hydroxylation is 1. The number of halogens is 1. The van der Waals surface area contributed by atoms with E-state index in [0.29, 0.717) is 35.1 Å². The van der Waals surface area contributed by atoms with E-state index in [1.54, 1.807) is 11.3 Å². The quantitative estimate of drug-likeness (QED) is 0.327. The van der Waals surface area contributed by atoms with Crippen molar-refractivity contribution < 1.29 is 8.94 Å². The van der Waals surface area contributed by atoms with Crippen LogP contribution in [0.3, 0.4) is 0 Å². The largest absolute Gasteiger partial charge is 0.419 e. The molecule has 30 heavy (non-hydrogen) atoms. The van der Waals surface area contributed by atoms with Gasteiger partial charge in [-0.1, -0.05) is 41.9 Å². The van der Waals surface area contributed by atoms with E-state index in [-0.39, 0.29) is 0 Å². The molecule has 1 aromatic carbocycles. The van der Waals surface area contributed by atoms with Gasteiger partial charge in [-0.15, -0.1) is 21.5 Å². The van der Waals surface area contributed by atoms with Crippen LogP contribution in [0.5, 0.6) is 0 Å². The van der Waals surface area contributed by atoms with E-state index in [9.17, 15) is 0 Å². The molecule has 156 valence electrons. The highest BCUT2D eigenvalue weighted by Gasteiger charge is 2.15. The number of nitrogens with zero attached hydrogens (tertiary/aromatic N) is 5. The summed E-state index contributed by atoms with van der Waals surface area (Å²) < 4.78 is 11.2. The Hall–Kier alpha value is -2.55. The van der Waals surface area contributed by atoms with Crippen LogP contribution in [0.1, 0.15) is 31.5 Å². The van der Waals surface area contributed by atoms with Gasteiger partial charge in [0.05, 0.1) is 22.0 Å². The van der Waals surface area contributed by atoms with Crippen LogP contribution in [0.4, 0.5) is 0 Å².